The number of benzene rings is 1. The number of amides is 1. The fraction of sp³-hybridized carbons (Fsp3) is 0. The quantitative estimate of drug-likeness (QED) is 0.773. The molecule has 80 valence electrons. The SMILES string of the molecule is NC(=O)c1nc(-c2ccccc2)ncc1N. The lowest BCUT2D eigenvalue weighted by Gasteiger charge is -2.03. The van der Waals surface area contributed by atoms with E-state index < -0.39 is 5.91 Å². The first-order valence-electron chi connectivity index (χ1n) is 4.66. The third-order valence-corrected chi connectivity index (χ3v) is 2.08. The van der Waals surface area contributed by atoms with Gasteiger partial charge in [-0.1, -0.05) is 30.3 Å². The standard InChI is InChI=1S/C11H10N4O/c12-8-6-14-11(15-9(8)10(13)16)7-4-2-1-3-5-7/h1-6H,12H2,(H2,13,16). The van der Waals surface area contributed by atoms with Crippen LogP contribution in [0.3, 0.4) is 0 Å². The third kappa shape index (κ3) is 1.83. The number of aromatic nitrogens is 2. The highest BCUT2D eigenvalue weighted by Gasteiger charge is 2.10. The lowest BCUT2D eigenvalue weighted by molar-refractivity contribution is 0.0996. The van der Waals surface area contributed by atoms with E-state index in [1.54, 1.807) is 0 Å². The number of hydrogen-bond acceptors (Lipinski definition) is 4. The monoisotopic (exact) mass is 214 g/mol. The topological polar surface area (TPSA) is 94.9 Å². The molecule has 5 nitrogen and oxygen atoms in total. The Kier molecular flexibility index (Phi) is 2.51. The second-order valence-electron chi connectivity index (χ2n) is 3.23. The van der Waals surface area contributed by atoms with E-state index in [1.165, 1.54) is 6.20 Å². The Labute approximate surface area is 92.1 Å². The molecule has 0 aliphatic carbocycles. The fourth-order valence-electron chi connectivity index (χ4n) is 1.31. The molecule has 2 aromatic rings. The van der Waals surface area contributed by atoms with Gasteiger partial charge in [-0.15, -0.1) is 0 Å². The predicted octanol–water partition coefficient (Wildman–Crippen LogP) is 0.825. The Bertz CT molecular complexity index is 525. The van der Waals surface area contributed by atoms with Crippen LogP contribution in [0.5, 0.6) is 0 Å². The Morgan fingerprint density at radius 3 is 2.50 bits per heavy atom. The fourth-order valence-corrected chi connectivity index (χ4v) is 1.31. The van der Waals surface area contributed by atoms with E-state index in [9.17, 15) is 4.79 Å². The molecule has 0 aliphatic heterocycles. The third-order valence-electron chi connectivity index (χ3n) is 2.08. The van der Waals surface area contributed by atoms with Crippen LogP contribution in [0.4, 0.5) is 5.69 Å². The molecule has 0 atom stereocenters. The average Bonchev–Trinajstić information content (AvgIpc) is 2.30. The molecule has 16 heavy (non-hydrogen) atoms. The maximum absolute atomic E-state index is 11.1. The molecule has 0 aliphatic rings. The van der Waals surface area contributed by atoms with E-state index >= 15 is 0 Å². The first-order valence-corrected chi connectivity index (χ1v) is 4.66. The van der Waals surface area contributed by atoms with Gasteiger partial charge in [-0.3, -0.25) is 4.79 Å². The van der Waals surface area contributed by atoms with Gasteiger partial charge in [-0.2, -0.15) is 0 Å². The summed E-state index contributed by atoms with van der Waals surface area (Å²) in [6, 6.07) is 9.29. The Morgan fingerprint density at radius 1 is 1.19 bits per heavy atom. The van der Waals surface area contributed by atoms with Gasteiger partial charge in [0.1, 0.15) is 0 Å². The normalized spacial score (nSPS) is 10.0. The maximum Gasteiger partial charge on any atom is 0.269 e. The van der Waals surface area contributed by atoms with Gasteiger partial charge >= 0.3 is 0 Å². The summed E-state index contributed by atoms with van der Waals surface area (Å²) in [6.45, 7) is 0. The van der Waals surface area contributed by atoms with Crippen molar-refractivity contribution in [3.05, 3.63) is 42.2 Å². The van der Waals surface area contributed by atoms with E-state index in [2.05, 4.69) is 9.97 Å². The van der Waals surface area contributed by atoms with Crippen LogP contribution in [-0.2, 0) is 0 Å². The highest BCUT2D eigenvalue weighted by molar-refractivity contribution is 5.96. The van der Waals surface area contributed by atoms with Crippen LogP contribution in [0.1, 0.15) is 10.5 Å². The highest BCUT2D eigenvalue weighted by atomic mass is 16.1. The van der Waals surface area contributed by atoms with E-state index in [4.69, 9.17) is 11.5 Å². The molecule has 4 N–H and O–H groups in total. The molecule has 1 amide bonds. The molecule has 1 heterocycles. The Balaban J connectivity index is 2.52. The Hall–Kier alpha value is -2.43. The minimum Gasteiger partial charge on any atom is -0.396 e. The molecule has 0 spiro atoms. The van der Waals surface area contributed by atoms with Crippen LogP contribution < -0.4 is 11.5 Å². The number of nitrogen functional groups attached to an aromatic ring is 1. The molecule has 0 fully saturated rings. The number of hydrogen-bond donors (Lipinski definition) is 2. The predicted molar refractivity (Wildman–Crippen MR) is 60.4 cm³/mol. The van der Waals surface area contributed by atoms with Crippen LogP contribution in [0, 0.1) is 0 Å². The van der Waals surface area contributed by atoms with Crippen LogP contribution in [0.25, 0.3) is 11.4 Å². The zero-order valence-electron chi connectivity index (χ0n) is 8.42. The summed E-state index contributed by atoms with van der Waals surface area (Å²) in [4.78, 5) is 19.1. The van der Waals surface area contributed by atoms with Crippen molar-refractivity contribution in [1.29, 1.82) is 0 Å². The molecule has 0 saturated heterocycles. The van der Waals surface area contributed by atoms with Crippen molar-refractivity contribution in [2.75, 3.05) is 5.73 Å². The molecular formula is C11H10N4O. The summed E-state index contributed by atoms with van der Waals surface area (Å²) in [5.41, 5.74) is 11.7. The van der Waals surface area contributed by atoms with Gasteiger partial charge < -0.3 is 11.5 Å². The van der Waals surface area contributed by atoms with Crippen molar-refractivity contribution < 1.29 is 4.79 Å². The summed E-state index contributed by atoms with van der Waals surface area (Å²) in [5, 5.41) is 0. The van der Waals surface area contributed by atoms with E-state index in [0.717, 1.165) is 5.56 Å². The molecule has 0 radical (unpaired) electrons. The number of rotatable bonds is 2. The summed E-state index contributed by atoms with van der Waals surface area (Å²) >= 11 is 0. The number of carbonyl (C=O) groups is 1. The van der Waals surface area contributed by atoms with Crippen molar-refractivity contribution in [3.63, 3.8) is 0 Å². The van der Waals surface area contributed by atoms with Crippen LogP contribution in [0.2, 0.25) is 0 Å². The summed E-state index contributed by atoms with van der Waals surface area (Å²) < 4.78 is 0. The van der Waals surface area contributed by atoms with E-state index in [-0.39, 0.29) is 11.4 Å². The first-order chi connectivity index (χ1) is 7.68. The number of nitrogens with zero attached hydrogens (tertiary/aromatic N) is 2. The van der Waals surface area contributed by atoms with Gasteiger partial charge in [-0.25, -0.2) is 9.97 Å². The van der Waals surface area contributed by atoms with Crippen LogP contribution >= 0.6 is 0 Å². The van der Waals surface area contributed by atoms with Crippen LogP contribution in [-0.4, -0.2) is 15.9 Å². The number of anilines is 1. The average molecular weight is 214 g/mol. The van der Waals surface area contributed by atoms with Gasteiger partial charge in [0.25, 0.3) is 5.91 Å². The van der Waals surface area contributed by atoms with Gasteiger partial charge in [0.15, 0.2) is 11.5 Å². The maximum atomic E-state index is 11.1. The lowest BCUT2D eigenvalue weighted by Crippen LogP contribution is -2.16. The molecule has 5 heteroatoms. The van der Waals surface area contributed by atoms with Gasteiger partial charge in [-0.05, 0) is 0 Å². The van der Waals surface area contributed by atoms with Crippen molar-refractivity contribution in [1.82, 2.24) is 9.97 Å². The second-order valence-corrected chi connectivity index (χ2v) is 3.23. The molecule has 1 aromatic heterocycles. The van der Waals surface area contributed by atoms with Gasteiger partial charge in [0.05, 0.1) is 11.9 Å². The molecule has 0 bridgehead atoms. The van der Waals surface area contributed by atoms with Gasteiger partial charge in [0, 0.05) is 5.56 Å². The Morgan fingerprint density at radius 2 is 1.88 bits per heavy atom. The minimum atomic E-state index is -0.655. The zero-order chi connectivity index (χ0) is 11.5. The molecule has 0 saturated carbocycles. The molecule has 1 aromatic carbocycles. The smallest absolute Gasteiger partial charge is 0.269 e. The van der Waals surface area contributed by atoms with Crippen molar-refractivity contribution in [2.24, 2.45) is 5.73 Å². The molecular weight excluding hydrogens is 204 g/mol. The molecule has 0 unspecified atom stereocenters. The molecule has 2 rings (SSSR count). The number of nitrogens with two attached hydrogens (primary N) is 2. The first kappa shape index (κ1) is 10.1. The van der Waals surface area contributed by atoms with E-state index in [1.807, 2.05) is 30.3 Å². The largest absolute Gasteiger partial charge is 0.396 e. The highest BCUT2D eigenvalue weighted by Crippen LogP contribution is 2.16. The van der Waals surface area contributed by atoms with Crippen molar-refractivity contribution >= 4 is 11.6 Å². The van der Waals surface area contributed by atoms with E-state index in [0.29, 0.717) is 5.82 Å². The van der Waals surface area contributed by atoms with Crippen LogP contribution in [0.15, 0.2) is 36.5 Å². The number of carbonyl (C=O) groups excluding carboxylic acids is 1. The lowest BCUT2D eigenvalue weighted by atomic mass is 10.2. The number of primary amides is 1. The van der Waals surface area contributed by atoms with Crippen molar-refractivity contribution in [3.8, 4) is 11.4 Å². The minimum absolute atomic E-state index is 0.0499. The summed E-state index contributed by atoms with van der Waals surface area (Å²) in [7, 11) is 0. The zero-order valence-corrected chi connectivity index (χ0v) is 8.42. The summed E-state index contributed by atoms with van der Waals surface area (Å²) in [5.74, 6) is -0.222. The van der Waals surface area contributed by atoms with Crippen molar-refractivity contribution in [2.45, 2.75) is 0 Å². The van der Waals surface area contributed by atoms with Gasteiger partial charge in [0.2, 0.25) is 0 Å². The summed E-state index contributed by atoms with van der Waals surface area (Å²) in [6.07, 6.45) is 1.38. The second kappa shape index (κ2) is 3.98.